The van der Waals surface area contributed by atoms with E-state index in [0.29, 0.717) is 24.7 Å². The number of ether oxygens (including phenoxy) is 1. The summed E-state index contributed by atoms with van der Waals surface area (Å²) < 4.78 is 5.89. The summed E-state index contributed by atoms with van der Waals surface area (Å²) in [6, 6.07) is 9.38. The quantitative estimate of drug-likeness (QED) is 0.817. The van der Waals surface area contributed by atoms with Crippen LogP contribution in [0.3, 0.4) is 0 Å². The Kier molecular flexibility index (Phi) is 5.66. The molecule has 1 aliphatic rings. The normalized spacial score (nSPS) is 18.0. The van der Waals surface area contributed by atoms with Crippen LogP contribution in [0.4, 0.5) is 0 Å². The zero-order chi connectivity index (χ0) is 17.6. The molecule has 0 saturated carbocycles. The predicted octanol–water partition coefficient (Wildman–Crippen LogP) is 3.34. The van der Waals surface area contributed by atoms with Crippen LogP contribution in [0.25, 0.3) is 0 Å². The van der Waals surface area contributed by atoms with E-state index < -0.39 is 0 Å². The Labute approximate surface area is 148 Å². The summed E-state index contributed by atoms with van der Waals surface area (Å²) >= 11 is 0. The number of phenols is 1. The van der Waals surface area contributed by atoms with Gasteiger partial charge in [-0.3, -0.25) is 14.7 Å². The highest BCUT2D eigenvalue weighted by Crippen LogP contribution is 2.27. The molecule has 5 heteroatoms. The number of rotatable bonds is 6. The number of nitrogens with zero attached hydrogens (tertiary/aromatic N) is 2. The Bertz CT molecular complexity index is 733. The first-order valence-corrected chi connectivity index (χ1v) is 8.73. The third kappa shape index (κ3) is 4.37. The number of benzene rings is 1. The zero-order valence-electron chi connectivity index (χ0n) is 14.5. The Hall–Kier alpha value is -2.40. The monoisotopic (exact) mass is 340 g/mol. The van der Waals surface area contributed by atoms with Crippen molar-refractivity contribution < 1.29 is 14.6 Å². The molecule has 0 unspecified atom stereocenters. The molecule has 1 fully saturated rings. The van der Waals surface area contributed by atoms with E-state index in [-0.39, 0.29) is 11.3 Å². The van der Waals surface area contributed by atoms with E-state index in [9.17, 15) is 9.90 Å². The standard InChI is InChI=1S/C20H24N2O3/c1-15-11-16(8-9-21-15)12-22-10-3-2-5-17(22)14-25-20-7-4-6-19(24)18(20)13-23/h4,6-9,11,13,17,24H,2-3,5,10,12,14H2,1H3/t17-/m0/s1. The van der Waals surface area contributed by atoms with Crippen molar-refractivity contribution in [1.29, 1.82) is 0 Å². The molecule has 1 N–H and O–H groups in total. The van der Waals surface area contributed by atoms with Gasteiger partial charge in [-0.25, -0.2) is 0 Å². The maximum absolute atomic E-state index is 11.2. The molecule has 2 aromatic rings. The zero-order valence-corrected chi connectivity index (χ0v) is 14.5. The highest BCUT2D eigenvalue weighted by molar-refractivity contribution is 5.83. The van der Waals surface area contributed by atoms with E-state index in [0.717, 1.165) is 25.2 Å². The van der Waals surface area contributed by atoms with E-state index in [4.69, 9.17) is 4.74 Å². The summed E-state index contributed by atoms with van der Waals surface area (Å²) in [6.07, 6.45) is 5.93. The fourth-order valence-corrected chi connectivity index (χ4v) is 3.36. The number of likely N-dealkylation sites (tertiary alicyclic amines) is 1. The van der Waals surface area contributed by atoms with Gasteiger partial charge in [0.1, 0.15) is 18.1 Å². The van der Waals surface area contributed by atoms with Crippen molar-refractivity contribution >= 4 is 6.29 Å². The average molecular weight is 340 g/mol. The summed E-state index contributed by atoms with van der Waals surface area (Å²) in [5.41, 5.74) is 2.50. The van der Waals surface area contributed by atoms with Crippen LogP contribution in [-0.4, -0.2) is 40.5 Å². The van der Waals surface area contributed by atoms with Crippen molar-refractivity contribution in [2.75, 3.05) is 13.2 Å². The lowest BCUT2D eigenvalue weighted by Crippen LogP contribution is -2.42. The van der Waals surface area contributed by atoms with Gasteiger partial charge in [-0.2, -0.15) is 0 Å². The van der Waals surface area contributed by atoms with Crippen molar-refractivity contribution in [2.24, 2.45) is 0 Å². The van der Waals surface area contributed by atoms with Gasteiger partial charge in [0.25, 0.3) is 0 Å². The van der Waals surface area contributed by atoms with E-state index in [1.54, 1.807) is 12.1 Å². The third-order valence-corrected chi connectivity index (χ3v) is 4.69. The largest absolute Gasteiger partial charge is 0.507 e. The SMILES string of the molecule is Cc1cc(CN2CCCC[C@H]2COc2cccc(O)c2C=O)ccn1. The Morgan fingerprint density at radius 2 is 2.24 bits per heavy atom. The topological polar surface area (TPSA) is 62.7 Å². The molecule has 0 amide bonds. The van der Waals surface area contributed by atoms with Crippen LogP contribution >= 0.6 is 0 Å². The van der Waals surface area contributed by atoms with Gasteiger partial charge in [0.2, 0.25) is 0 Å². The van der Waals surface area contributed by atoms with Gasteiger partial charge in [-0.05, 0) is 56.1 Å². The minimum Gasteiger partial charge on any atom is -0.507 e. The molecule has 3 rings (SSSR count). The molecule has 0 aliphatic carbocycles. The van der Waals surface area contributed by atoms with Gasteiger partial charge in [0.05, 0.1) is 5.56 Å². The fraction of sp³-hybridized carbons (Fsp3) is 0.400. The van der Waals surface area contributed by atoms with Crippen molar-refractivity contribution in [3.05, 3.63) is 53.3 Å². The van der Waals surface area contributed by atoms with Gasteiger partial charge >= 0.3 is 0 Å². The molecule has 0 spiro atoms. The molecule has 1 aliphatic heterocycles. The smallest absolute Gasteiger partial charge is 0.157 e. The number of pyridine rings is 1. The summed E-state index contributed by atoms with van der Waals surface area (Å²) in [6.45, 7) is 4.42. The van der Waals surface area contributed by atoms with Gasteiger partial charge in [0.15, 0.2) is 6.29 Å². The second-order valence-corrected chi connectivity index (χ2v) is 6.54. The number of phenolic OH excluding ortho intramolecular Hbond substituents is 1. The van der Waals surface area contributed by atoms with Crippen LogP contribution in [-0.2, 0) is 6.54 Å². The van der Waals surface area contributed by atoms with Crippen molar-refractivity contribution in [3.63, 3.8) is 0 Å². The predicted molar refractivity (Wildman–Crippen MR) is 96.0 cm³/mol. The number of aromatic nitrogens is 1. The average Bonchev–Trinajstić information content (AvgIpc) is 2.61. The first-order valence-electron chi connectivity index (χ1n) is 8.73. The molecule has 1 aromatic heterocycles. The van der Waals surface area contributed by atoms with Gasteiger partial charge < -0.3 is 9.84 Å². The van der Waals surface area contributed by atoms with Gasteiger partial charge in [-0.1, -0.05) is 12.5 Å². The van der Waals surface area contributed by atoms with Crippen LogP contribution in [0.2, 0.25) is 0 Å². The van der Waals surface area contributed by atoms with Crippen LogP contribution in [0.5, 0.6) is 11.5 Å². The van der Waals surface area contributed by atoms with Crippen LogP contribution in [0.15, 0.2) is 36.5 Å². The minimum absolute atomic E-state index is 0.0414. The van der Waals surface area contributed by atoms with Crippen LogP contribution in [0, 0.1) is 6.92 Å². The molecule has 1 atom stereocenters. The lowest BCUT2D eigenvalue weighted by atomic mass is 10.0. The number of hydrogen-bond acceptors (Lipinski definition) is 5. The Balaban J connectivity index is 1.67. The lowest BCUT2D eigenvalue weighted by Gasteiger charge is -2.35. The minimum atomic E-state index is -0.0414. The van der Waals surface area contributed by atoms with E-state index >= 15 is 0 Å². The van der Waals surface area contributed by atoms with E-state index in [1.165, 1.54) is 24.5 Å². The lowest BCUT2D eigenvalue weighted by molar-refractivity contribution is 0.0921. The van der Waals surface area contributed by atoms with Gasteiger partial charge in [0, 0.05) is 24.5 Å². The summed E-state index contributed by atoms with van der Waals surface area (Å²) in [7, 11) is 0. The van der Waals surface area contributed by atoms with Crippen molar-refractivity contribution in [2.45, 2.75) is 38.8 Å². The second kappa shape index (κ2) is 8.12. The first-order chi connectivity index (χ1) is 12.2. The number of piperidine rings is 1. The molecule has 132 valence electrons. The number of aromatic hydroxyl groups is 1. The van der Waals surface area contributed by atoms with Crippen molar-refractivity contribution in [3.8, 4) is 11.5 Å². The molecule has 0 radical (unpaired) electrons. The number of aryl methyl sites for hydroxylation is 1. The molecule has 25 heavy (non-hydrogen) atoms. The number of aldehydes is 1. The molecule has 5 nitrogen and oxygen atoms in total. The maximum atomic E-state index is 11.2. The van der Waals surface area contributed by atoms with Crippen molar-refractivity contribution in [1.82, 2.24) is 9.88 Å². The van der Waals surface area contributed by atoms with Gasteiger partial charge in [-0.15, -0.1) is 0 Å². The molecule has 1 saturated heterocycles. The number of hydrogen-bond donors (Lipinski definition) is 1. The number of carbonyl (C=O) groups excluding carboxylic acids is 1. The molecule has 1 aromatic carbocycles. The Morgan fingerprint density at radius 3 is 3.04 bits per heavy atom. The van der Waals surface area contributed by atoms with E-state index in [2.05, 4.69) is 22.0 Å². The molecular weight excluding hydrogens is 316 g/mol. The summed E-state index contributed by atoms with van der Waals surface area (Å²) in [5, 5.41) is 9.77. The molecule has 2 heterocycles. The highest BCUT2D eigenvalue weighted by Gasteiger charge is 2.23. The summed E-state index contributed by atoms with van der Waals surface area (Å²) in [5.74, 6) is 0.403. The Morgan fingerprint density at radius 1 is 1.36 bits per heavy atom. The van der Waals surface area contributed by atoms with Crippen LogP contribution < -0.4 is 4.74 Å². The highest BCUT2D eigenvalue weighted by atomic mass is 16.5. The fourth-order valence-electron chi connectivity index (χ4n) is 3.36. The second-order valence-electron chi connectivity index (χ2n) is 6.54. The number of carbonyl (C=O) groups is 1. The first kappa shape index (κ1) is 17.4. The summed E-state index contributed by atoms with van der Waals surface area (Å²) in [4.78, 5) is 17.9. The third-order valence-electron chi connectivity index (χ3n) is 4.69. The van der Waals surface area contributed by atoms with Crippen LogP contribution in [0.1, 0.15) is 40.9 Å². The van der Waals surface area contributed by atoms with E-state index in [1.807, 2.05) is 13.1 Å². The molecular formula is C20H24N2O3. The molecule has 0 bridgehead atoms. The maximum Gasteiger partial charge on any atom is 0.157 e.